The van der Waals surface area contributed by atoms with Crippen LogP contribution in [-0.2, 0) is 6.54 Å². The van der Waals surface area contributed by atoms with Gasteiger partial charge in [0, 0.05) is 12.6 Å². The first-order chi connectivity index (χ1) is 11.4. The number of nitrogens with one attached hydrogen (secondary N) is 2. The van der Waals surface area contributed by atoms with E-state index in [4.69, 9.17) is 9.47 Å². The van der Waals surface area contributed by atoms with Gasteiger partial charge in [-0.15, -0.1) is 24.0 Å². The smallest absolute Gasteiger partial charge is 0.422 e. The van der Waals surface area contributed by atoms with Gasteiger partial charge in [0.2, 0.25) is 0 Å². The fourth-order valence-corrected chi connectivity index (χ4v) is 2.00. The minimum Gasteiger partial charge on any atom is -0.493 e. The molecule has 0 radical (unpaired) electrons. The van der Waals surface area contributed by atoms with Gasteiger partial charge in [-0.3, -0.25) is 0 Å². The number of hydrogen-bond acceptors (Lipinski definition) is 3. The van der Waals surface area contributed by atoms with Crippen LogP contribution in [0, 0.1) is 0 Å². The van der Waals surface area contributed by atoms with Crippen molar-refractivity contribution in [3.63, 3.8) is 0 Å². The summed E-state index contributed by atoms with van der Waals surface area (Å²) in [6.07, 6.45) is -2.10. The Kier molecular flexibility index (Phi) is 8.60. The predicted molar refractivity (Wildman–Crippen MR) is 101 cm³/mol. The number of methoxy groups -OCH3 is 1. The van der Waals surface area contributed by atoms with Gasteiger partial charge in [0.15, 0.2) is 24.1 Å². The van der Waals surface area contributed by atoms with Crippen LogP contribution in [0.15, 0.2) is 23.2 Å². The van der Waals surface area contributed by atoms with E-state index in [1.54, 1.807) is 12.1 Å². The van der Waals surface area contributed by atoms with E-state index in [9.17, 15) is 13.2 Å². The average molecular weight is 473 g/mol. The maximum Gasteiger partial charge on any atom is 0.422 e. The lowest BCUT2D eigenvalue weighted by Gasteiger charge is -2.14. The second kappa shape index (κ2) is 9.93. The van der Waals surface area contributed by atoms with E-state index in [0.717, 1.165) is 30.9 Å². The second-order valence-corrected chi connectivity index (χ2v) is 5.50. The van der Waals surface area contributed by atoms with Gasteiger partial charge >= 0.3 is 6.18 Å². The molecule has 5 nitrogen and oxygen atoms in total. The van der Waals surface area contributed by atoms with Gasteiger partial charge in [0.05, 0.1) is 13.7 Å². The van der Waals surface area contributed by atoms with Crippen LogP contribution in [-0.4, -0.2) is 38.4 Å². The van der Waals surface area contributed by atoms with Gasteiger partial charge in [-0.05, 0) is 37.5 Å². The molecule has 0 bridgehead atoms. The highest BCUT2D eigenvalue weighted by Crippen LogP contribution is 2.30. The third-order valence-corrected chi connectivity index (χ3v) is 3.30. The first kappa shape index (κ1) is 21.7. The molecule has 0 heterocycles. The summed E-state index contributed by atoms with van der Waals surface area (Å²) in [6, 6.07) is 5.26. The highest BCUT2D eigenvalue weighted by molar-refractivity contribution is 14.0. The summed E-state index contributed by atoms with van der Waals surface area (Å²) in [6.45, 7) is 1.78. The van der Waals surface area contributed by atoms with Crippen molar-refractivity contribution in [3.8, 4) is 11.5 Å². The molecule has 142 valence electrons. The Bertz CT molecular complexity index is 578. The van der Waals surface area contributed by atoms with Crippen molar-refractivity contribution in [1.82, 2.24) is 10.6 Å². The van der Waals surface area contributed by atoms with Crippen molar-refractivity contribution in [3.05, 3.63) is 23.8 Å². The van der Waals surface area contributed by atoms with Crippen molar-refractivity contribution in [2.24, 2.45) is 4.99 Å². The largest absolute Gasteiger partial charge is 0.493 e. The lowest BCUT2D eigenvalue weighted by molar-refractivity contribution is -0.153. The molecule has 2 rings (SSSR count). The fourth-order valence-electron chi connectivity index (χ4n) is 2.00. The molecule has 1 aliphatic carbocycles. The Morgan fingerprint density at radius 3 is 2.56 bits per heavy atom. The summed E-state index contributed by atoms with van der Waals surface area (Å²) in [4.78, 5) is 4.47. The zero-order valence-electron chi connectivity index (χ0n) is 14.2. The van der Waals surface area contributed by atoms with Crippen LogP contribution in [0.5, 0.6) is 11.5 Å². The monoisotopic (exact) mass is 473 g/mol. The first-order valence-electron chi connectivity index (χ1n) is 7.82. The molecule has 1 aromatic rings. The summed E-state index contributed by atoms with van der Waals surface area (Å²) in [5.74, 6) is 1.05. The van der Waals surface area contributed by atoms with Crippen molar-refractivity contribution in [1.29, 1.82) is 0 Å². The number of benzene rings is 1. The Hall–Kier alpha value is -1.39. The molecule has 0 unspecified atom stereocenters. The minimum atomic E-state index is -4.39. The molecule has 0 atom stereocenters. The summed E-state index contributed by atoms with van der Waals surface area (Å²) < 4.78 is 46.6. The molecule has 9 heteroatoms. The van der Waals surface area contributed by atoms with Crippen LogP contribution in [0.1, 0.15) is 25.3 Å². The summed E-state index contributed by atoms with van der Waals surface area (Å²) >= 11 is 0. The number of nitrogens with zero attached hydrogens (tertiary/aromatic N) is 1. The Morgan fingerprint density at radius 1 is 1.28 bits per heavy atom. The van der Waals surface area contributed by atoms with Crippen LogP contribution < -0.4 is 20.1 Å². The second-order valence-electron chi connectivity index (χ2n) is 5.50. The molecular formula is C16H23F3IN3O2. The number of guanidine groups is 1. The molecule has 0 aromatic heterocycles. The molecule has 1 aliphatic rings. The van der Waals surface area contributed by atoms with Crippen molar-refractivity contribution >= 4 is 29.9 Å². The van der Waals surface area contributed by atoms with Gasteiger partial charge in [-0.2, -0.15) is 13.2 Å². The Balaban J connectivity index is 0.00000312. The van der Waals surface area contributed by atoms with Crippen LogP contribution in [0.2, 0.25) is 0 Å². The minimum absolute atomic E-state index is 0. The summed E-state index contributed by atoms with van der Waals surface area (Å²) in [5, 5.41) is 6.46. The number of halogens is 4. The van der Waals surface area contributed by atoms with E-state index in [1.165, 1.54) is 13.2 Å². The van der Waals surface area contributed by atoms with Crippen LogP contribution in [0.25, 0.3) is 0 Å². The Morgan fingerprint density at radius 2 is 2.00 bits per heavy atom. The van der Waals surface area contributed by atoms with Gasteiger partial charge in [0.25, 0.3) is 0 Å². The topological polar surface area (TPSA) is 54.9 Å². The lowest BCUT2D eigenvalue weighted by Crippen LogP contribution is -2.38. The molecule has 2 N–H and O–H groups in total. The van der Waals surface area contributed by atoms with Crippen molar-refractivity contribution in [2.75, 3.05) is 20.3 Å². The van der Waals surface area contributed by atoms with E-state index < -0.39 is 12.8 Å². The standard InChI is InChI=1S/C16H22F3N3O2.HI/c1-3-20-15(22-12-5-6-12)21-9-11-4-7-13(14(8-11)23-2)24-10-16(17,18)19;/h4,7-8,12H,3,5-6,9-10H2,1-2H3,(H2,20,21,22);1H. The lowest BCUT2D eigenvalue weighted by atomic mass is 10.2. The van der Waals surface area contributed by atoms with Gasteiger partial charge < -0.3 is 20.1 Å². The highest BCUT2D eigenvalue weighted by Gasteiger charge is 2.29. The number of rotatable bonds is 7. The molecule has 1 saturated carbocycles. The fraction of sp³-hybridized carbons (Fsp3) is 0.562. The molecule has 0 spiro atoms. The van der Waals surface area contributed by atoms with Crippen molar-refractivity contribution < 1.29 is 22.6 Å². The molecular weight excluding hydrogens is 450 g/mol. The zero-order valence-corrected chi connectivity index (χ0v) is 16.5. The van der Waals surface area contributed by atoms with E-state index in [0.29, 0.717) is 12.6 Å². The third kappa shape index (κ3) is 8.02. The summed E-state index contributed by atoms with van der Waals surface area (Å²) in [5.41, 5.74) is 0.819. The summed E-state index contributed by atoms with van der Waals surface area (Å²) in [7, 11) is 1.39. The molecule has 1 fully saturated rings. The molecule has 0 amide bonds. The third-order valence-electron chi connectivity index (χ3n) is 3.30. The first-order valence-corrected chi connectivity index (χ1v) is 7.82. The Labute approximate surface area is 162 Å². The average Bonchev–Trinajstić information content (AvgIpc) is 3.34. The van der Waals surface area contributed by atoms with Gasteiger partial charge in [0.1, 0.15) is 0 Å². The maximum atomic E-state index is 12.3. The van der Waals surface area contributed by atoms with Crippen LogP contribution >= 0.6 is 24.0 Å². The normalized spacial score (nSPS) is 14.5. The van der Waals surface area contributed by atoms with Crippen molar-refractivity contribution in [2.45, 2.75) is 38.5 Å². The van der Waals surface area contributed by atoms with Crippen LogP contribution in [0.4, 0.5) is 13.2 Å². The number of ether oxygens (including phenoxy) is 2. The van der Waals surface area contributed by atoms with E-state index in [2.05, 4.69) is 15.6 Å². The van der Waals surface area contributed by atoms with E-state index >= 15 is 0 Å². The molecule has 0 aliphatic heterocycles. The van der Waals surface area contributed by atoms with E-state index in [1.807, 2.05) is 6.92 Å². The quantitative estimate of drug-likeness (QED) is 0.362. The maximum absolute atomic E-state index is 12.3. The number of hydrogen-bond donors (Lipinski definition) is 2. The molecule has 1 aromatic carbocycles. The van der Waals surface area contributed by atoms with E-state index in [-0.39, 0.29) is 35.5 Å². The van der Waals surface area contributed by atoms with Gasteiger partial charge in [-0.1, -0.05) is 6.07 Å². The number of alkyl halides is 3. The zero-order chi connectivity index (χ0) is 17.6. The van der Waals surface area contributed by atoms with Crippen LogP contribution in [0.3, 0.4) is 0 Å². The predicted octanol–water partition coefficient (Wildman–Crippen LogP) is 3.47. The number of aliphatic imine (C=N–C) groups is 1. The molecule has 0 saturated heterocycles. The SMILES string of the molecule is CCNC(=NCc1ccc(OCC(F)(F)F)c(OC)c1)NC1CC1.I. The molecule has 25 heavy (non-hydrogen) atoms. The highest BCUT2D eigenvalue weighted by atomic mass is 127. The van der Waals surface area contributed by atoms with Gasteiger partial charge in [-0.25, -0.2) is 4.99 Å².